The first-order valence-electron chi connectivity index (χ1n) is 8.46. The summed E-state index contributed by atoms with van der Waals surface area (Å²) in [6.45, 7) is 0. The third kappa shape index (κ3) is 5.71. The van der Waals surface area contributed by atoms with Crippen LogP contribution in [0, 0.1) is 0 Å². The van der Waals surface area contributed by atoms with E-state index in [0.717, 1.165) is 12.1 Å². The van der Waals surface area contributed by atoms with Crippen LogP contribution in [0.4, 0.5) is 0 Å². The van der Waals surface area contributed by atoms with Gasteiger partial charge in [0.15, 0.2) is 0 Å². The van der Waals surface area contributed by atoms with Crippen LogP contribution >= 0.6 is 0 Å². The molecule has 2 nitrogen and oxygen atoms in total. The zero-order valence-corrected chi connectivity index (χ0v) is 12.1. The van der Waals surface area contributed by atoms with Gasteiger partial charge < -0.3 is 0 Å². The van der Waals surface area contributed by atoms with E-state index >= 15 is 0 Å². The van der Waals surface area contributed by atoms with Crippen LogP contribution in [-0.4, -0.2) is 12.1 Å². The summed E-state index contributed by atoms with van der Waals surface area (Å²) in [7, 11) is 0. The molecule has 0 aromatic heterocycles. The molecule has 0 saturated heterocycles. The topological polar surface area (TPSA) is 24.1 Å². The Hall–Kier alpha value is -0.0800. The minimum absolute atomic E-state index is 0.732. The Morgan fingerprint density at radius 1 is 0.389 bits per heavy atom. The van der Waals surface area contributed by atoms with E-state index in [1.54, 1.807) is 0 Å². The van der Waals surface area contributed by atoms with Crippen LogP contribution in [-0.2, 0) is 0 Å². The van der Waals surface area contributed by atoms with E-state index in [2.05, 4.69) is 10.9 Å². The zero-order valence-electron chi connectivity index (χ0n) is 12.1. The molecular weight excluding hydrogens is 220 g/mol. The van der Waals surface area contributed by atoms with E-state index in [1.165, 1.54) is 89.9 Å². The molecule has 0 atom stereocenters. The molecule has 2 fully saturated rings. The van der Waals surface area contributed by atoms with Crippen molar-refractivity contribution in [3.05, 3.63) is 0 Å². The minimum atomic E-state index is 0.732. The minimum Gasteiger partial charge on any atom is -0.255 e. The summed E-state index contributed by atoms with van der Waals surface area (Å²) in [6.07, 6.45) is 19.9. The van der Waals surface area contributed by atoms with Gasteiger partial charge in [0, 0.05) is 12.1 Å². The molecule has 0 aliphatic heterocycles. The van der Waals surface area contributed by atoms with Crippen LogP contribution in [0.3, 0.4) is 0 Å². The quantitative estimate of drug-likeness (QED) is 0.732. The molecule has 18 heavy (non-hydrogen) atoms. The van der Waals surface area contributed by atoms with Crippen LogP contribution < -0.4 is 10.9 Å². The average molecular weight is 252 g/mol. The van der Waals surface area contributed by atoms with Crippen LogP contribution in [0.15, 0.2) is 0 Å². The van der Waals surface area contributed by atoms with Gasteiger partial charge in [-0.05, 0) is 25.7 Å². The molecule has 2 rings (SSSR count). The van der Waals surface area contributed by atoms with E-state index in [4.69, 9.17) is 0 Å². The third-order valence-corrected chi connectivity index (χ3v) is 4.70. The van der Waals surface area contributed by atoms with Crippen molar-refractivity contribution in [3.63, 3.8) is 0 Å². The summed E-state index contributed by atoms with van der Waals surface area (Å²) in [5.41, 5.74) is 7.31. The zero-order chi connectivity index (χ0) is 12.5. The lowest BCUT2D eigenvalue weighted by molar-refractivity contribution is 0.290. The lowest BCUT2D eigenvalue weighted by Crippen LogP contribution is -2.47. The average Bonchev–Trinajstić information content (AvgIpc) is 2.29. The molecule has 0 unspecified atom stereocenters. The van der Waals surface area contributed by atoms with E-state index in [-0.39, 0.29) is 0 Å². The summed E-state index contributed by atoms with van der Waals surface area (Å²) in [5.74, 6) is 0. The highest BCUT2D eigenvalue weighted by Crippen LogP contribution is 2.18. The van der Waals surface area contributed by atoms with Gasteiger partial charge in [-0.25, -0.2) is 0 Å². The van der Waals surface area contributed by atoms with Gasteiger partial charge in [0.05, 0.1) is 0 Å². The van der Waals surface area contributed by atoms with Gasteiger partial charge in [0.2, 0.25) is 0 Å². The maximum Gasteiger partial charge on any atom is 0.0213 e. The summed E-state index contributed by atoms with van der Waals surface area (Å²) in [5, 5.41) is 0. The number of hydrogen-bond acceptors (Lipinski definition) is 2. The second-order valence-corrected chi connectivity index (χ2v) is 6.37. The standard InChI is InChI=1S/C16H32N2/c1-3-7-11-15(12-8-4-1)17-18-16-13-9-5-2-6-10-14-16/h15-18H,1-14H2. The van der Waals surface area contributed by atoms with E-state index in [1.807, 2.05) is 0 Å². The van der Waals surface area contributed by atoms with Gasteiger partial charge in [0.25, 0.3) is 0 Å². The molecular formula is C16H32N2. The normalized spacial score (nSPS) is 26.0. The van der Waals surface area contributed by atoms with Crippen LogP contribution in [0.1, 0.15) is 89.9 Å². The number of rotatable bonds is 3. The van der Waals surface area contributed by atoms with Crippen molar-refractivity contribution < 1.29 is 0 Å². The van der Waals surface area contributed by atoms with Gasteiger partial charge in [0.1, 0.15) is 0 Å². The molecule has 0 aromatic rings. The molecule has 2 N–H and O–H groups in total. The molecule has 0 heterocycles. The Labute approximate surface area is 113 Å². The Bertz CT molecular complexity index is 167. The fraction of sp³-hybridized carbons (Fsp3) is 1.00. The van der Waals surface area contributed by atoms with E-state index < -0.39 is 0 Å². The lowest BCUT2D eigenvalue weighted by Gasteiger charge is -2.26. The second-order valence-electron chi connectivity index (χ2n) is 6.37. The Balaban J connectivity index is 1.64. The summed E-state index contributed by atoms with van der Waals surface area (Å²) >= 11 is 0. The van der Waals surface area contributed by atoms with Crippen molar-refractivity contribution >= 4 is 0 Å². The van der Waals surface area contributed by atoms with Crippen LogP contribution in [0.5, 0.6) is 0 Å². The molecule has 2 aliphatic carbocycles. The largest absolute Gasteiger partial charge is 0.255 e. The first-order valence-corrected chi connectivity index (χ1v) is 8.46. The Morgan fingerprint density at radius 3 is 1.00 bits per heavy atom. The van der Waals surface area contributed by atoms with E-state index in [0.29, 0.717) is 0 Å². The maximum atomic E-state index is 3.66. The predicted molar refractivity (Wildman–Crippen MR) is 78.5 cm³/mol. The number of hydrogen-bond donors (Lipinski definition) is 2. The van der Waals surface area contributed by atoms with Crippen molar-refractivity contribution in [2.75, 3.05) is 0 Å². The third-order valence-electron chi connectivity index (χ3n) is 4.70. The van der Waals surface area contributed by atoms with Gasteiger partial charge in [-0.1, -0.05) is 64.2 Å². The van der Waals surface area contributed by atoms with Gasteiger partial charge in [-0.3, -0.25) is 10.9 Å². The van der Waals surface area contributed by atoms with Gasteiger partial charge >= 0.3 is 0 Å². The van der Waals surface area contributed by atoms with E-state index in [9.17, 15) is 0 Å². The fourth-order valence-electron chi connectivity index (χ4n) is 3.44. The molecule has 0 spiro atoms. The van der Waals surface area contributed by atoms with Crippen molar-refractivity contribution in [1.82, 2.24) is 10.9 Å². The summed E-state index contributed by atoms with van der Waals surface area (Å²) < 4.78 is 0. The van der Waals surface area contributed by atoms with Crippen molar-refractivity contribution in [2.24, 2.45) is 0 Å². The smallest absolute Gasteiger partial charge is 0.0213 e. The fourth-order valence-corrected chi connectivity index (χ4v) is 3.44. The summed E-state index contributed by atoms with van der Waals surface area (Å²) in [6, 6.07) is 1.46. The Morgan fingerprint density at radius 2 is 0.667 bits per heavy atom. The number of hydrazine groups is 1. The van der Waals surface area contributed by atoms with Gasteiger partial charge in [-0.2, -0.15) is 0 Å². The molecule has 2 heteroatoms. The number of nitrogens with one attached hydrogen (secondary N) is 2. The molecule has 2 aliphatic rings. The predicted octanol–water partition coefficient (Wildman–Crippen LogP) is 4.31. The summed E-state index contributed by atoms with van der Waals surface area (Å²) in [4.78, 5) is 0. The monoisotopic (exact) mass is 252 g/mol. The maximum absolute atomic E-state index is 3.66. The lowest BCUT2D eigenvalue weighted by atomic mass is 9.96. The molecule has 0 aromatic carbocycles. The highest BCUT2D eigenvalue weighted by atomic mass is 15.4. The molecule has 106 valence electrons. The van der Waals surface area contributed by atoms with Crippen LogP contribution in [0.2, 0.25) is 0 Å². The van der Waals surface area contributed by atoms with Crippen molar-refractivity contribution in [1.29, 1.82) is 0 Å². The second kappa shape index (κ2) is 8.92. The molecule has 0 bridgehead atoms. The van der Waals surface area contributed by atoms with Crippen molar-refractivity contribution in [3.8, 4) is 0 Å². The molecule has 0 amide bonds. The Kier molecular flexibility index (Phi) is 7.11. The first kappa shape index (κ1) is 14.3. The van der Waals surface area contributed by atoms with Crippen LogP contribution in [0.25, 0.3) is 0 Å². The highest BCUT2D eigenvalue weighted by Gasteiger charge is 2.14. The SMILES string of the molecule is C1CCCC(NNC2CCCCCCC2)CCC1. The molecule has 0 radical (unpaired) electrons. The highest BCUT2D eigenvalue weighted by molar-refractivity contribution is 4.72. The van der Waals surface area contributed by atoms with Crippen molar-refractivity contribution in [2.45, 2.75) is 102 Å². The molecule has 2 saturated carbocycles. The van der Waals surface area contributed by atoms with Gasteiger partial charge in [-0.15, -0.1) is 0 Å². The first-order chi connectivity index (χ1) is 8.95.